The van der Waals surface area contributed by atoms with Crippen molar-refractivity contribution in [1.82, 2.24) is 4.90 Å². The maximum absolute atomic E-state index is 12.2. The third-order valence-corrected chi connectivity index (χ3v) is 4.11. The lowest BCUT2D eigenvalue weighted by Crippen LogP contribution is -2.26. The molecule has 0 aliphatic rings. The lowest BCUT2D eigenvalue weighted by Gasteiger charge is -2.17. The molecule has 0 fully saturated rings. The average Bonchev–Trinajstić information content (AvgIpc) is 2.74. The molecule has 0 aliphatic heterocycles. The molecule has 0 N–H and O–H groups in total. The van der Waals surface area contributed by atoms with Crippen molar-refractivity contribution in [2.75, 3.05) is 7.05 Å². The van der Waals surface area contributed by atoms with Gasteiger partial charge in [0.05, 0.1) is 16.4 Å². The summed E-state index contributed by atoms with van der Waals surface area (Å²) in [5.74, 6) is -0.0369. The first-order chi connectivity index (χ1) is 8.58. The highest BCUT2D eigenvalue weighted by atomic mass is 35.5. The molecule has 0 saturated carbocycles. The van der Waals surface area contributed by atoms with Crippen molar-refractivity contribution in [2.45, 2.75) is 11.4 Å². The minimum Gasteiger partial charge on any atom is -0.337 e. The summed E-state index contributed by atoms with van der Waals surface area (Å²) in [6.45, 7) is 0.554. The van der Waals surface area contributed by atoms with Gasteiger partial charge >= 0.3 is 0 Å². The summed E-state index contributed by atoms with van der Waals surface area (Å²) in [5, 5.41) is 0. The smallest absolute Gasteiger partial charge is 0.255 e. The molecular weight excluding hydrogens is 286 g/mol. The van der Waals surface area contributed by atoms with E-state index < -0.39 is 0 Å². The van der Waals surface area contributed by atoms with E-state index in [9.17, 15) is 4.79 Å². The normalized spacial score (nSPS) is 10.4. The fourth-order valence-corrected chi connectivity index (χ4v) is 3.00. The van der Waals surface area contributed by atoms with E-state index in [0.29, 0.717) is 17.0 Å². The number of rotatable bonds is 3. The quantitative estimate of drug-likeness (QED) is 0.850. The average molecular weight is 298 g/mol. The Kier molecular flexibility index (Phi) is 4.32. The zero-order valence-electron chi connectivity index (χ0n) is 9.76. The molecule has 1 aromatic carbocycles. The highest BCUT2D eigenvalue weighted by molar-refractivity contribution is 7.80. The van der Waals surface area contributed by atoms with E-state index in [2.05, 4.69) is 12.6 Å². The van der Waals surface area contributed by atoms with Crippen LogP contribution in [0.1, 0.15) is 15.2 Å². The predicted octanol–water partition coefficient (Wildman–Crippen LogP) is 3.96. The highest BCUT2D eigenvalue weighted by Gasteiger charge is 2.14. The number of hydrogen-bond acceptors (Lipinski definition) is 3. The van der Waals surface area contributed by atoms with Crippen LogP contribution in [-0.2, 0) is 6.54 Å². The van der Waals surface area contributed by atoms with E-state index in [1.165, 1.54) is 11.3 Å². The molecule has 1 aromatic heterocycles. The largest absolute Gasteiger partial charge is 0.337 e. The van der Waals surface area contributed by atoms with Gasteiger partial charge in [0, 0.05) is 16.8 Å². The summed E-state index contributed by atoms with van der Waals surface area (Å²) in [7, 11) is 1.77. The molecule has 1 amide bonds. The van der Waals surface area contributed by atoms with Crippen LogP contribution in [-0.4, -0.2) is 17.9 Å². The fraction of sp³-hybridized carbons (Fsp3) is 0.154. The maximum atomic E-state index is 12.2. The van der Waals surface area contributed by atoms with Crippen molar-refractivity contribution in [3.8, 4) is 0 Å². The Balaban J connectivity index is 2.12. The lowest BCUT2D eigenvalue weighted by molar-refractivity contribution is 0.0783. The summed E-state index contributed by atoms with van der Waals surface area (Å²) in [6.07, 6.45) is 0. The van der Waals surface area contributed by atoms with Gasteiger partial charge < -0.3 is 4.90 Å². The number of carbonyl (C=O) groups excluding carboxylic acids is 1. The minimum atomic E-state index is -0.0369. The number of amides is 1. The molecule has 2 nitrogen and oxygen atoms in total. The van der Waals surface area contributed by atoms with Gasteiger partial charge in [0.25, 0.3) is 5.91 Å². The molecule has 0 spiro atoms. The van der Waals surface area contributed by atoms with E-state index in [0.717, 1.165) is 9.21 Å². The van der Waals surface area contributed by atoms with Crippen LogP contribution in [0.4, 0.5) is 0 Å². The standard InChI is InChI=1S/C13H12ClNOS2/c1-15(8-9-6-7-12(14)18-9)13(16)10-4-2-3-5-11(10)17/h2-7,17H,8H2,1H3. The van der Waals surface area contributed by atoms with E-state index in [4.69, 9.17) is 11.6 Å². The first-order valence-corrected chi connectivity index (χ1v) is 7.00. The van der Waals surface area contributed by atoms with Crippen LogP contribution in [0.2, 0.25) is 4.34 Å². The van der Waals surface area contributed by atoms with Crippen molar-refractivity contribution < 1.29 is 4.79 Å². The van der Waals surface area contributed by atoms with E-state index in [1.54, 1.807) is 18.0 Å². The molecule has 0 bridgehead atoms. The van der Waals surface area contributed by atoms with Gasteiger partial charge in [0.15, 0.2) is 0 Å². The number of nitrogens with zero attached hydrogens (tertiary/aromatic N) is 1. The number of halogens is 1. The topological polar surface area (TPSA) is 20.3 Å². The van der Waals surface area contributed by atoms with Gasteiger partial charge in [0.1, 0.15) is 0 Å². The molecule has 18 heavy (non-hydrogen) atoms. The van der Waals surface area contributed by atoms with Crippen LogP contribution >= 0.6 is 35.6 Å². The molecule has 0 radical (unpaired) electrons. The number of thiol groups is 1. The monoisotopic (exact) mass is 297 g/mol. The minimum absolute atomic E-state index is 0.0369. The van der Waals surface area contributed by atoms with Crippen LogP contribution in [0.3, 0.4) is 0 Å². The zero-order valence-corrected chi connectivity index (χ0v) is 12.2. The molecular formula is C13H12ClNOS2. The van der Waals surface area contributed by atoms with Gasteiger partial charge in [-0.25, -0.2) is 0 Å². The number of thiophene rings is 1. The summed E-state index contributed by atoms with van der Waals surface area (Å²) in [6, 6.07) is 11.1. The molecule has 0 atom stereocenters. The Hall–Kier alpha value is -0.970. The third kappa shape index (κ3) is 3.07. The van der Waals surface area contributed by atoms with Crippen LogP contribution in [0.5, 0.6) is 0 Å². The van der Waals surface area contributed by atoms with Crippen LogP contribution < -0.4 is 0 Å². The molecule has 0 saturated heterocycles. The molecule has 1 heterocycles. The Labute approximate surface area is 121 Å². The van der Waals surface area contributed by atoms with Crippen molar-refractivity contribution in [3.05, 3.63) is 51.2 Å². The second-order valence-corrected chi connectivity index (χ2v) is 6.17. The molecule has 0 unspecified atom stereocenters. The molecule has 2 aromatic rings. The Morgan fingerprint density at radius 3 is 2.67 bits per heavy atom. The van der Waals surface area contributed by atoms with E-state index >= 15 is 0 Å². The van der Waals surface area contributed by atoms with Crippen molar-refractivity contribution in [1.29, 1.82) is 0 Å². The lowest BCUT2D eigenvalue weighted by atomic mass is 10.2. The molecule has 5 heteroatoms. The second kappa shape index (κ2) is 5.78. The van der Waals surface area contributed by atoms with Crippen LogP contribution in [0.15, 0.2) is 41.3 Å². The van der Waals surface area contributed by atoms with Gasteiger partial charge in [-0.05, 0) is 24.3 Å². The Bertz CT molecular complexity index is 568. The van der Waals surface area contributed by atoms with Gasteiger partial charge in [-0.15, -0.1) is 24.0 Å². The Morgan fingerprint density at radius 2 is 2.06 bits per heavy atom. The highest BCUT2D eigenvalue weighted by Crippen LogP contribution is 2.23. The zero-order chi connectivity index (χ0) is 13.1. The van der Waals surface area contributed by atoms with Crippen molar-refractivity contribution in [3.63, 3.8) is 0 Å². The van der Waals surface area contributed by atoms with E-state index in [1.807, 2.05) is 30.3 Å². The first-order valence-electron chi connectivity index (χ1n) is 5.35. The number of hydrogen-bond donors (Lipinski definition) is 1. The van der Waals surface area contributed by atoms with Crippen molar-refractivity contribution in [2.24, 2.45) is 0 Å². The SMILES string of the molecule is CN(Cc1ccc(Cl)s1)C(=O)c1ccccc1S. The summed E-state index contributed by atoms with van der Waals surface area (Å²) < 4.78 is 0.737. The van der Waals surface area contributed by atoms with Crippen molar-refractivity contribution >= 4 is 41.5 Å². The van der Waals surface area contributed by atoms with Crippen LogP contribution in [0.25, 0.3) is 0 Å². The van der Waals surface area contributed by atoms with Gasteiger partial charge in [-0.1, -0.05) is 23.7 Å². The second-order valence-electron chi connectivity index (χ2n) is 3.88. The van der Waals surface area contributed by atoms with Gasteiger partial charge in [0.2, 0.25) is 0 Å². The Morgan fingerprint density at radius 1 is 1.33 bits per heavy atom. The molecule has 0 aliphatic carbocycles. The number of benzene rings is 1. The first kappa shape index (κ1) is 13.5. The predicted molar refractivity (Wildman–Crippen MR) is 78.8 cm³/mol. The van der Waals surface area contributed by atoms with Gasteiger partial charge in [-0.2, -0.15) is 0 Å². The molecule has 2 rings (SSSR count). The van der Waals surface area contributed by atoms with E-state index in [-0.39, 0.29) is 5.91 Å². The van der Waals surface area contributed by atoms with Gasteiger partial charge in [-0.3, -0.25) is 4.79 Å². The third-order valence-electron chi connectivity index (χ3n) is 2.50. The number of carbonyl (C=O) groups is 1. The summed E-state index contributed by atoms with van der Waals surface area (Å²) >= 11 is 11.6. The molecule has 94 valence electrons. The maximum Gasteiger partial charge on any atom is 0.255 e. The summed E-state index contributed by atoms with van der Waals surface area (Å²) in [5.41, 5.74) is 0.617. The van der Waals surface area contributed by atoms with Crippen LogP contribution in [0, 0.1) is 0 Å². The fourth-order valence-electron chi connectivity index (χ4n) is 1.60. The summed E-state index contributed by atoms with van der Waals surface area (Å²) in [4.78, 5) is 15.6.